The van der Waals surface area contributed by atoms with Crippen LogP contribution in [0, 0.1) is 40.9 Å². The lowest BCUT2D eigenvalue weighted by Crippen LogP contribution is -2.58. The highest BCUT2D eigenvalue weighted by atomic mass is 16.7. The quantitative estimate of drug-likeness (QED) is 0.0208. The first-order valence-corrected chi connectivity index (χ1v) is 44.3. The minimum absolute atomic E-state index is 0.0114. The number of carboxylic acids is 1. The smallest absolute Gasteiger partial charge is 0.303 e. The van der Waals surface area contributed by atoms with Crippen molar-refractivity contribution in [2.24, 2.45) is 40.9 Å². The van der Waals surface area contributed by atoms with E-state index in [-0.39, 0.29) is 230 Å². The van der Waals surface area contributed by atoms with Crippen LogP contribution in [0.5, 0.6) is 0 Å². The van der Waals surface area contributed by atoms with Crippen molar-refractivity contribution in [3.05, 3.63) is 0 Å². The summed E-state index contributed by atoms with van der Waals surface area (Å²) in [6, 6.07) is -1.11. The first kappa shape index (κ1) is 107. The number of hydrogen-bond acceptors (Lipinski definition) is 24. The van der Waals surface area contributed by atoms with Crippen LogP contribution in [0.15, 0.2) is 0 Å². The van der Waals surface area contributed by atoms with Gasteiger partial charge in [0.05, 0.1) is 76.1 Å². The number of esters is 2. The Morgan fingerprint density at radius 2 is 0.622 bits per heavy atom. The van der Waals surface area contributed by atoms with E-state index in [1.165, 1.54) is 34.6 Å². The van der Waals surface area contributed by atoms with E-state index < -0.39 is 66.5 Å². The molecule has 32 heteroatoms. The largest absolute Gasteiger partial charge is 0.481 e. The van der Waals surface area contributed by atoms with E-state index >= 15 is 0 Å². The first-order valence-electron chi connectivity index (χ1n) is 44.3. The molecule has 0 bridgehead atoms. The monoisotopic (exact) mass is 1690 g/mol. The Morgan fingerprint density at radius 3 is 0.975 bits per heavy atom. The maximum absolute atomic E-state index is 14.1. The second-order valence-corrected chi connectivity index (χ2v) is 33.0. The Labute approximate surface area is 707 Å². The number of nitrogens with one attached hydrogen (secondary N) is 7. The van der Waals surface area contributed by atoms with Crippen molar-refractivity contribution in [1.29, 1.82) is 0 Å². The summed E-state index contributed by atoms with van der Waals surface area (Å²) in [7, 11) is 0. The van der Waals surface area contributed by atoms with Crippen LogP contribution in [-0.4, -0.2) is 236 Å². The molecule has 3 heterocycles. The molecule has 0 aromatic rings. The van der Waals surface area contributed by atoms with Crippen molar-refractivity contribution in [2.75, 3.05) is 98.9 Å². The number of unbranched alkanes of at least 4 members (excludes halogenated alkanes) is 12. The van der Waals surface area contributed by atoms with Crippen molar-refractivity contribution in [3.63, 3.8) is 0 Å². The normalized spacial score (nSPS) is 23.4. The molecule has 3 aliphatic rings. The third-order valence-corrected chi connectivity index (χ3v) is 22.7. The predicted octanol–water partition coefficient (Wildman–Crippen LogP) is 9.07. The van der Waals surface area contributed by atoms with Crippen LogP contribution >= 0.6 is 0 Å². The number of carbonyl (C=O) groups is 13. The zero-order valence-electron chi connectivity index (χ0n) is 73.9. The topological polar surface area (TPSA) is 428 Å². The van der Waals surface area contributed by atoms with Gasteiger partial charge in [-0.3, -0.25) is 62.3 Å². The fourth-order valence-electron chi connectivity index (χ4n) is 15.0. The molecule has 8 N–H and O–H groups in total. The Bertz CT molecular complexity index is 2880. The number of aliphatic carboxylic acids is 1. The Balaban J connectivity index is 1.57. The van der Waals surface area contributed by atoms with Gasteiger partial charge >= 0.3 is 17.9 Å². The van der Waals surface area contributed by atoms with Crippen molar-refractivity contribution < 1.29 is 120 Å². The zero-order valence-corrected chi connectivity index (χ0v) is 73.9. The average molecular weight is 1700 g/mol. The molecule has 684 valence electrons. The number of ketones is 3. The number of carboxylic acid groups (broad SMARTS) is 1. The van der Waals surface area contributed by atoms with Gasteiger partial charge in [0.25, 0.3) is 0 Å². The second-order valence-electron chi connectivity index (χ2n) is 33.0. The Kier molecular flexibility index (Phi) is 55.9. The number of ether oxygens (including phenoxy) is 11. The highest BCUT2D eigenvalue weighted by Crippen LogP contribution is 2.36. The number of hydrogen-bond donors (Lipinski definition) is 8. The number of amides is 7. The number of Topliss-reactive ketones (excluding diaryl/α,β-unsaturated/α-hetero) is 3. The summed E-state index contributed by atoms with van der Waals surface area (Å²) in [6.45, 7) is 23.3. The fourth-order valence-corrected chi connectivity index (χ4v) is 15.0. The van der Waals surface area contributed by atoms with Gasteiger partial charge in [-0.25, -0.2) is 0 Å². The second kappa shape index (κ2) is 62.5. The van der Waals surface area contributed by atoms with Crippen LogP contribution in [0.3, 0.4) is 0 Å². The highest BCUT2D eigenvalue weighted by Gasteiger charge is 2.46. The third-order valence-electron chi connectivity index (χ3n) is 22.7. The molecule has 16 unspecified atom stereocenters. The minimum atomic E-state index is -1.10. The van der Waals surface area contributed by atoms with Crippen LogP contribution in [0.2, 0.25) is 0 Å². The molecule has 3 fully saturated rings. The fraction of sp³-hybridized carbons (Fsp3) is 0.851. The maximum Gasteiger partial charge on any atom is 0.303 e. The molecule has 3 rings (SSSR count). The summed E-state index contributed by atoms with van der Waals surface area (Å²) in [4.78, 5) is 162. The van der Waals surface area contributed by atoms with Gasteiger partial charge in [-0.15, -0.1) is 0 Å². The molecule has 0 spiro atoms. The van der Waals surface area contributed by atoms with Crippen LogP contribution < -0.4 is 37.2 Å². The molecule has 16 atom stereocenters. The van der Waals surface area contributed by atoms with Crippen molar-refractivity contribution in [1.82, 2.24) is 37.2 Å². The lowest BCUT2D eigenvalue weighted by molar-refractivity contribution is -0.244. The van der Waals surface area contributed by atoms with Gasteiger partial charge in [0.15, 0.2) is 18.9 Å². The summed E-state index contributed by atoms with van der Waals surface area (Å²) in [6.07, 6.45) is 12.8. The van der Waals surface area contributed by atoms with E-state index in [1.54, 1.807) is 0 Å². The first-order chi connectivity index (χ1) is 56.8. The van der Waals surface area contributed by atoms with Crippen LogP contribution in [0.4, 0.5) is 0 Å². The predicted molar refractivity (Wildman–Crippen MR) is 443 cm³/mol. The maximum atomic E-state index is 14.1. The molecule has 3 saturated heterocycles. The molecular formula is C87H151N7O25. The van der Waals surface area contributed by atoms with Crippen LogP contribution in [0.25, 0.3) is 0 Å². The zero-order chi connectivity index (χ0) is 87.9. The van der Waals surface area contributed by atoms with Gasteiger partial charge in [0.2, 0.25) is 41.4 Å². The summed E-state index contributed by atoms with van der Waals surface area (Å²) in [5.41, 5.74) is -1.10. The van der Waals surface area contributed by atoms with E-state index in [0.717, 1.165) is 44.9 Å². The Morgan fingerprint density at radius 1 is 0.328 bits per heavy atom. The molecule has 0 radical (unpaired) electrons. The van der Waals surface area contributed by atoms with Gasteiger partial charge in [-0.2, -0.15) is 0 Å². The summed E-state index contributed by atoms with van der Waals surface area (Å²) in [5, 5.41) is 29.4. The summed E-state index contributed by atoms with van der Waals surface area (Å²) < 4.78 is 66.1. The molecular weight excluding hydrogens is 1540 g/mol. The third kappa shape index (κ3) is 47.5. The molecule has 0 aromatic heterocycles. The van der Waals surface area contributed by atoms with Crippen molar-refractivity contribution in [3.8, 4) is 0 Å². The molecule has 32 nitrogen and oxygen atoms in total. The van der Waals surface area contributed by atoms with Gasteiger partial charge in [0, 0.05) is 157 Å². The average Bonchev–Trinajstić information content (AvgIpc) is 0.815. The van der Waals surface area contributed by atoms with Crippen LogP contribution in [-0.2, 0) is 114 Å². The van der Waals surface area contributed by atoms with Gasteiger partial charge in [-0.05, 0) is 119 Å². The SMILES string of the molecule is CCC1OC(OCCCCC(=O)NCCCNC(=O)CCOCC(COCCC(=O)CCCCCC(=O)CCCCOC2OC(COC(C)=O)C(C)C(C)C2NC(C)=O)(COCCC(=O)NCCCNC(=O)CCCCOC2OC(COC(C)=O)C(C)C(C)C2NC(C)=O)CC(=O)CCCCCCCCCCC(=O)O)C(NC(C)=O)C(C)C1C. The van der Waals surface area contributed by atoms with Gasteiger partial charge in [0.1, 0.15) is 30.6 Å². The van der Waals surface area contributed by atoms with E-state index in [1.807, 2.05) is 27.7 Å². The molecule has 7 amide bonds. The van der Waals surface area contributed by atoms with Crippen LogP contribution in [0.1, 0.15) is 282 Å². The van der Waals surface area contributed by atoms with Crippen molar-refractivity contribution in [2.45, 2.75) is 337 Å². The number of carbonyl (C=O) groups excluding carboxylic acids is 12. The molecule has 119 heavy (non-hydrogen) atoms. The van der Waals surface area contributed by atoms with E-state index in [4.69, 9.17) is 57.2 Å². The lowest BCUT2D eigenvalue weighted by Gasteiger charge is -2.44. The highest BCUT2D eigenvalue weighted by molar-refractivity contribution is 5.80. The van der Waals surface area contributed by atoms with Gasteiger partial charge in [-0.1, -0.05) is 93.4 Å². The molecule has 0 aliphatic carbocycles. The van der Waals surface area contributed by atoms with Crippen molar-refractivity contribution >= 4 is 76.6 Å². The molecule has 0 saturated carbocycles. The van der Waals surface area contributed by atoms with E-state index in [2.05, 4.69) is 58.0 Å². The molecule has 0 aromatic carbocycles. The number of rotatable bonds is 68. The van der Waals surface area contributed by atoms with Gasteiger partial charge < -0.3 is 94.4 Å². The lowest BCUT2D eigenvalue weighted by atomic mass is 9.81. The standard InChI is InChI=1S/C87H151N7O25/c1-13-73-59(2)62(5)81(92-65(8)95)84(117-73)112-48-29-26-37-76(103)88-43-31-45-90-78(105)41-51-110-57-87(53-72(102)36-21-18-16-14-15-17-19-24-39-80(107)108,56-109-50-40-71(101)34-23-20-22-33-70(100)35-25-28-47-113-85-82(93-66(9)96)63(6)60(3)74(118-85)54-115-68(11)98)58-111-52-42-79(106)91-46-32-44-89-77(104)38-27-30-49-114-86-83(94-67(10)97)64(7)61(4)75(119-86)55-116-69(12)99/h59-64,73-75,81-86H,13-58H2,1-12H3,(H,88,103)(H,89,104)(H,90,105)(H,91,106)(H,92,95)(H,93,96)(H,94,97)(H,107,108). The van der Waals surface area contributed by atoms with E-state index in [0.29, 0.717) is 129 Å². The Hall–Kier alpha value is -6.65. The molecule has 3 aliphatic heterocycles. The summed E-state index contributed by atoms with van der Waals surface area (Å²) >= 11 is 0. The van der Waals surface area contributed by atoms with E-state index in [9.17, 15) is 62.3 Å². The summed E-state index contributed by atoms with van der Waals surface area (Å²) in [5.74, 6) is -2.83. The minimum Gasteiger partial charge on any atom is -0.481 e.